The Balaban J connectivity index is 1.71. The van der Waals surface area contributed by atoms with Gasteiger partial charge in [-0.15, -0.1) is 5.10 Å². The van der Waals surface area contributed by atoms with Crippen LogP contribution in [-0.2, 0) is 0 Å². The molecule has 2 aromatic rings. The van der Waals surface area contributed by atoms with E-state index in [1.807, 2.05) is 25.1 Å². The fourth-order valence-electron chi connectivity index (χ4n) is 3.79. The lowest BCUT2D eigenvalue weighted by molar-refractivity contribution is 0.0817. The van der Waals surface area contributed by atoms with Crippen LogP contribution >= 0.6 is 0 Å². The third-order valence-corrected chi connectivity index (χ3v) is 5.40. The van der Waals surface area contributed by atoms with Gasteiger partial charge in [0.25, 0.3) is 0 Å². The first-order chi connectivity index (χ1) is 13.6. The highest BCUT2D eigenvalue weighted by Crippen LogP contribution is 2.42. The number of amidine groups is 1. The summed E-state index contributed by atoms with van der Waals surface area (Å²) in [6.07, 6.45) is 4.24. The van der Waals surface area contributed by atoms with Crippen LogP contribution in [-0.4, -0.2) is 36.2 Å². The highest BCUT2D eigenvalue weighted by atomic mass is 16.5. The fourth-order valence-corrected chi connectivity index (χ4v) is 3.79. The summed E-state index contributed by atoms with van der Waals surface area (Å²) in [6.45, 7) is 4.45. The molecule has 28 heavy (non-hydrogen) atoms. The standard InChI is InChI=1S/C22H27N5O/c1-2-27(24)26-21(23)17-9-7-16(8-10-17)19-15-22(11-13-25-14-12-22)28-20-6-4-3-5-18(19)20/h3-10,15,25H,2,11-14,24H2,1H3,(H2,23,26). The van der Waals surface area contributed by atoms with E-state index in [2.05, 4.69) is 46.8 Å². The number of piperidine rings is 1. The Kier molecular flexibility index (Phi) is 5.07. The topological polar surface area (TPSA) is 88.9 Å². The zero-order valence-electron chi connectivity index (χ0n) is 16.2. The van der Waals surface area contributed by atoms with E-state index in [9.17, 15) is 0 Å². The number of fused-ring (bicyclic) bond motifs is 1. The smallest absolute Gasteiger partial charge is 0.152 e. The molecule has 2 aliphatic heterocycles. The Morgan fingerprint density at radius 1 is 1.14 bits per heavy atom. The van der Waals surface area contributed by atoms with Crippen molar-refractivity contribution in [2.75, 3.05) is 19.6 Å². The van der Waals surface area contributed by atoms with E-state index in [0.29, 0.717) is 12.4 Å². The third kappa shape index (κ3) is 3.61. The van der Waals surface area contributed by atoms with Gasteiger partial charge in [0.1, 0.15) is 11.4 Å². The number of nitrogens with two attached hydrogens (primary N) is 2. The Bertz CT molecular complexity index is 897. The second-order valence-electron chi connectivity index (χ2n) is 7.29. The second kappa shape index (κ2) is 7.66. The van der Waals surface area contributed by atoms with Gasteiger partial charge in [-0.3, -0.25) is 0 Å². The van der Waals surface area contributed by atoms with Gasteiger partial charge in [0, 0.05) is 24.0 Å². The molecule has 4 rings (SSSR count). The average molecular weight is 377 g/mol. The highest BCUT2D eigenvalue weighted by molar-refractivity contribution is 5.97. The SMILES string of the molecule is CCN(N)/N=C(\N)c1ccc(C2=CC3(CCNCC3)Oc3ccccc32)cc1. The average Bonchev–Trinajstić information content (AvgIpc) is 2.73. The van der Waals surface area contributed by atoms with Gasteiger partial charge in [0.15, 0.2) is 5.84 Å². The van der Waals surface area contributed by atoms with Crippen LogP contribution in [0.2, 0.25) is 0 Å². The number of hydrazone groups is 1. The maximum absolute atomic E-state index is 6.46. The number of rotatable bonds is 4. The number of nitrogens with one attached hydrogen (secondary N) is 1. The Morgan fingerprint density at radius 3 is 2.57 bits per heavy atom. The molecular weight excluding hydrogens is 350 g/mol. The Labute approximate surface area is 165 Å². The molecule has 0 atom stereocenters. The molecule has 146 valence electrons. The van der Waals surface area contributed by atoms with Gasteiger partial charge in [-0.2, -0.15) is 0 Å². The lowest BCUT2D eigenvalue weighted by Gasteiger charge is -2.40. The molecule has 2 heterocycles. The van der Waals surface area contributed by atoms with Crippen LogP contribution in [0.5, 0.6) is 5.75 Å². The molecule has 0 radical (unpaired) electrons. The molecular formula is C22H27N5O. The third-order valence-electron chi connectivity index (χ3n) is 5.40. The van der Waals surface area contributed by atoms with E-state index in [1.165, 1.54) is 10.7 Å². The molecule has 5 N–H and O–H groups in total. The van der Waals surface area contributed by atoms with Crippen molar-refractivity contribution in [3.8, 4) is 5.75 Å². The number of benzene rings is 2. The summed E-state index contributed by atoms with van der Waals surface area (Å²) in [5.74, 6) is 7.09. The number of hydrogen-bond donors (Lipinski definition) is 3. The zero-order chi connectivity index (χ0) is 19.6. The molecule has 0 aliphatic carbocycles. The van der Waals surface area contributed by atoms with Crippen LogP contribution in [0, 0.1) is 0 Å². The summed E-state index contributed by atoms with van der Waals surface area (Å²) >= 11 is 0. The molecule has 0 unspecified atom stereocenters. The van der Waals surface area contributed by atoms with Crippen LogP contribution in [0.1, 0.15) is 36.5 Å². The zero-order valence-corrected chi connectivity index (χ0v) is 16.2. The van der Waals surface area contributed by atoms with Crippen LogP contribution < -0.4 is 21.6 Å². The number of hydrogen-bond acceptors (Lipinski definition) is 5. The summed E-state index contributed by atoms with van der Waals surface area (Å²) < 4.78 is 6.46. The van der Waals surface area contributed by atoms with E-state index >= 15 is 0 Å². The minimum absolute atomic E-state index is 0.241. The van der Waals surface area contributed by atoms with Gasteiger partial charge in [-0.25, -0.2) is 11.0 Å². The van der Waals surface area contributed by atoms with E-state index in [4.69, 9.17) is 16.3 Å². The van der Waals surface area contributed by atoms with E-state index in [-0.39, 0.29) is 5.60 Å². The van der Waals surface area contributed by atoms with E-state index in [1.54, 1.807) is 0 Å². The van der Waals surface area contributed by atoms with Crippen molar-refractivity contribution in [2.45, 2.75) is 25.4 Å². The molecule has 6 nitrogen and oxygen atoms in total. The molecule has 1 saturated heterocycles. The van der Waals surface area contributed by atoms with Crippen molar-refractivity contribution >= 4 is 11.4 Å². The predicted molar refractivity (Wildman–Crippen MR) is 113 cm³/mol. The van der Waals surface area contributed by atoms with Crippen molar-refractivity contribution in [1.82, 2.24) is 10.4 Å². The van der Waals surface area contributed by atoms with Gasteiger partial charge in [-0.1, -0.05) is 42.5 Å². The van der Waals surface area contributed by atoms with Crippen molar-refractivity contribution in [1.29, 1.82) is 0 Å². The lowest BCUT2D eigenvalue weighted by atomic mass is 9.83. The molecule has 0 bridgehead atoms. The fraction of sp³-hybridized carbons (Fsp3) is 0.318. The number of ether oxygens (including phenoxy) is 1. The largest absolute Gasteiger partial charge is 0.482 e. The predicted octanol–water partition coefficient (Wildman–Crippen LogP) is 2.45. The quantitative estimate of drug-likeness (QED) is 0.330. The monoisotopic (exact) mass is 377 g/mol. The van der Waals surface area contributed by atoms with E-state index in [0.717, 1.165) is 48.4 Å². The first-order valence-corrected chi connectivity index (χ1v) is 9.79. The first-order valence-electron chi connectivity index (χ1n) is 9.79. The minimum atomic E-state index is -0.241. The molecule has 2 aromatic carbocycles. The lowest BCUT2D eigenvalue weighted by Crippen LogP contribution is -2.46. The normalized spacial score (nSPS) is 18.2. The number of nitrogens with zero attached hydrogens (tertiary/aromatic N) is 2. The first kappa shape index (κ1) is 18.5. The highest BCUT2D eigenvalue weighted by Gasteiger charge is 2.36. The summed E-state index contributed by atoms with van der Waals surface area (Å²) in [5, 5.41) is 8.94. The van der Waals surface area contributed by atoms with Gasteiger partial charge < -0.3 is 15.8 Å². The van der Waals surface area contributed by atoms with Gasteiger partial charge in [-0.05, 0) is 43.3 Å². The van der Waals surface area contributed by atoms with Crippen molar-refractivity contribution in [3.05, 3.63) is 71.3 Å². The van der Waals surface area contributed by atoms with Crippen LogP contribution in [0.25, 0.3) is 5.57 Å². The van der Waals surface area contributed by atoms with Crippen LogP contribution in [0.4, 0.5) is 0 Å². The van der Waals surface area contributed by atoms with Crippen molar-refractivity contribution < 1.29 is 4.74 Å². The van der Waals surface area contributed by atoms with Crippen molar-refractivity contribution in [3.63, 3.8) is 0 Å². The Hall–Kier alpha value is -2.83. The van der Waals surface area contributed by atoms with Crippen LogP contribution in [0.15, 0.2) is 59.7 Å². The molecule has 0 saturated carbocycles. The Morgan fingerprint density at radius 2 is 1.86 bits per heavy atom. The molecule has 0 aromatic heterocycles. The second-order valence-corrected chi connectivity index (χ2v) is 7.29. The maximum atomic E-state index is 6.46. The van der Waals surface area contributed by atoms with Crippen LogP contribution in [0.3, 0.4) is 0 Å². The summed E-state index contributed by atoms with van der Waals surface area (Å²) in [5.41, 5.74) is 10.2. The van der Waals surface area contributed by atoms with Gasteiger partial charge in [0.2, 0.25) is 0 Å². The molecule has 6 heteroatoms. The van der Waals surface area contributed by atoms with Crippen molar-refractivity contribution in [2.24, 2.45) is 16.7 Å². The van der Waals surface area contributed by atoms with Gasteiger partial charge in [0.05, 0.1) is 6.54 Å². The summed E-state index contributed by atoms with van der Waals surface area (Å²) in [4.78, 5) is 0. The molecule has 0 amide bonds. The maximum Gasteiger partial charge on any atom is 0.152 e. The molecule has 1 spiro atoms. The summed E-state index contributed by atoms with van der Waals surface area (Å²) in [7, 11) is 0. The van der Waals surface area contributed by atoms with E-state index < -0.39 is 0 Å². The summed E-state index contributed by atoms with van der Waals surface area (Å²) in [6, 6.07) is 16.4. The molecule has 1 fully saturated rings. The molecule has 2 aliphatic rings. The minimum Gasteiger partial charge on any atom is -0.482 e. The van der Waals surface area contributed by atoms with Gasteiger partial charge >= 0.3 is 0 Å². The number of para-hydroxylation sites is 1. The number of hydrazine groups is 1.